The number of methoxy groups -OCH3 is 1. The van der Waals surface area contributed by atoms with Gasteiger partial charge in [0.05, 0.1) is 18.7 Å². The van der Waals surface area contributed by atoms with E-state index >= 15 is 0 Å². The normalized spacial score (nSPS) is 16.9. The molecule has 1 N–H and O–H groups in total. The van der Waals surface area contributed by atoms with E-state index in [2.05, 4.69) is 20.4 Å². The van der Waals surface area contributed by atoms with Gasteiger partial charge in [0.2, 0.25) is 16.2 Å². The van der Waals surface area contributed by atoms with Crippen LogP contribution in [0.15, 0.2) is 48.8 Å². The van der Waals surface area contributed by atoms with Gasteiger partial charge in [-0.1, -0.05) is 23.5 Å². The molecule has 8 heteroatoms. The van der Waals surface area contributed by atoms with E-state index in [1.165, 1.54) is 11.3 Å². The smallest absolute Gasteiger partial charge is 0.229 e. The lowest BCUT2D eigenvalue weighted by atomic mass is 9.97. The fourth-order valence-corrected chi connectivity index (χ4v) is 4.10. The molecule has 3 heterocycles. The van der Waals surface area contributed by atoms with Gasteiger partial charge in [-0.3, -0.25) is 9.36 Å². The van der Waals surface area contributed by atoms with Gasteiger partial charge in [0.25, 0.3) is 0 Å². The molecule has 0 bridgehead atoms. The molecule has 0 saturated carbocycles. The fourth-order valence-electron chi connectivity index (χ4n) is 3.25. The first-order valence-electron chi connectivity index (χ1n) is 8.90. The van der Waals surface area contributed by atoms with Crippen LogP contribution in [0.4, 0.5) is 10.8 Å². The number of piperidine rings is 1. The van der Waals surface area contributed by atoms with E-state index < -0.39 is 0 Å². The number of anilines is 2. The Morgan fingerprint density at radius 1 is 1.19 bits per heavy atom. The maximum Gasteiger partial charge on any atom is 0.229 e. The molecule has 1 aliphatic heterocycles. The standard InChI is InChI=1S/C19H21N5O2S/c1-26-16-9-3-2-8-15(16)20-17(25)14-7-6-12-24(13-14)19-22-21-18(27-19)23-10-4-5-11-23/h2-5,8-11,14H,6-7,12-13H2,1H3,(H,20,25)/t14-/m0/s1. The summed E-state index contributed by atoms with van der Waals surface area (Å²) in [6.45, 7) is 1.53. The molecule has 1 aromatic carbocycles. The number of carbonyl (C=O) groups excluding carboxylic acids is 1. The van der Waals surface area contributed by atoms with Gasteiger partial charge in [-0.2, -0.15) is 0 Å². The molecule has 1 fully saturated rings. The monoisotopic (exact) mass is 383 g/mol. The van der Waals surface area contributed by atoms with E-state index in [1.54, 1.807) is 7.11 Å². The Balaban J connectivity index is 1.44. The van der Waals surface area contributed by atoms with Crippen molar-refractivity contribution in [1.82, 2.24) is 14.8 Å². The number of ether oxygens (including phenoxy) is 1. The van der Waals surface area contributed by atoms with E-state index in [1.807, 2.05) is 53.4 Å². The minimum Gasteiger partial charge on any atom is -0.495 e. The Morgan fingerprint density at radius 2 is 1.96 bits per heavy atom. The van der Waals surface area contributed by atoms with Gasteiger partial charge in [0, 0.05) is 25.5 Å². The van der Waals surface area contributed by atoms with Crippen LogP contribution in [0.25, 0.3) is 5.13 Å². The van der Waals surface area contributed by atoms with Crippen molar-refractivity contribution < 1.29 is 9.53 Å². The van der Waals surface area contributed by atoms with Crippen LogP contribution in [0.2, 0.25) is 0 Å². The van der Waals surface area contributed by atoms with Crippen LogP contribution in [-0.4, -0.2) is 40.9 Å². The van der Waals surface area contributed by atoms with Crippen LogP contribution in [0.3, 0.4) is 0 Å². The second kappa shape index (κ2) is 7.79. The number of para-hydroxylation sites is 2. The van der Waals surface area contributed by atoms with Crippen LogP contribution < -0.4 is 15.0 Å². The first-order chi connectivity index (χ1) is 13.2. The highest BCUT2D eigenvalue weighted by Gasteiger charge is 2.28. The van der Waals surface area contributed by atoms with E-state index in [-0.39, 0.29) is 11.8 Å². The number of carbonyl (C=O) groups is 1. The third-order valence-corrected chi connectivity index (χ3v) is 5.65. The molecule has 3 aromatic rings. The van der Waals surface area contributed by atoms with Crippen molar-refractivity contribution in [2.24, 2.45) is 5.92 Å². The number of nitrogens with zero attached hydrogens (tertiary/aromatic N) is 4. The quantitative estimate of drug-likeness (QED) is 0.733. The highest BCUT2D eigenvalue weighted by atomic mass is 32.1. The minimum absolute atomic E-state index is 0.0133. The molecular formula is C19H21N5O2S. The summed E-state index contributed by atoms with van der Waals surface area (Å²) >= 11 is 1.54. The van der Waals surface area contributed by atoms with Gasteiger partial charge in [0.1, 0.15) is 5.75 Å². The summed E-state index contributed by atoms with van der Waals surface area (Å²) < 4.78 is 7.26. The van der Waals surface area contributed by atoms with Crippen LogP contribution in [0.5, 0.6) is 5.75 Å². The summed E-state index contributed by atoms with van der Waals surface area (Å²) in [6, 6.07) is 11.4. The Morgan fingerprint density at radius 3 is 2.78 bits per heavy atom. The van der Waals surface area contributed by atoms with Gasteiger partial charge in [0.15, 0.2) is 0 Å². The number of nitrogens with one attached hydrogen (secondary N) is 1. The summed E-state index contributed by atoms with van der Waals surface area (Å²) in [6.07, 6.45) is 5.71. The Labute approximate surface area is 161 Å². The predicted octanol–water partition coefficient (Wildman–Crippen LogP) is 3.19. The van der Waals surface area contributed by atoms with Gasteiger partial charge >= 0.3 is 0 Å². The summed E-state index contributed by atoms with van der Waals surface area (Å²) in [5.41, 5.74) is 0.702. The lowest BCUT2D eigenvalue weighted by molar-refractivity contribution is -0.120. The van der Waals surface area contributed by atoms with Crippen molar-refractivity contribution in [3.8, 4) is 10.9 Å². The molecule has 1 aliphatic rings. The highest BCUT2D eigenvalue weighted by Crippen LogP contribution is 2.29. The molecule has 0 spiro atoms. The zero-order valence-electron chi connectivity index (χ0n) is 15.0. The molecule has 7 nitrogen and oxygen atoms in total. The molecule has 2 aromatic heterocycles. The summed E-state index contributed by atoms with van der Waals surface area (Å²) in [4.78, 5) is 14.9. The average molecular weight is 383 g/mol. The Kier molecular flexibility index (Phi) is 5.06. The molecule has 0 unspecified atom stereocenters. The van der Waals surface area contributed by atoms with Gasteiger partial charge in [-0.15, -0.1) is 10.2 Å². The Hall–Kier alpha value is -2.87. The fraction of sp³-hybridized carbons (Fsp3) is 0.316. The second-order valence-electron chi connectivity index (χ2n) is 6.43. The van der Waals surface area contributed by atoms with Crippen LogP contribution >= 0.6 is 11.3 Å². The number of hydrogen-bond acceptors (Lipinski definition) is 6. The highest BCUT2D eigenvalue weighted by molar-refractivity contribution is 7.17. The molecule has 27 heavy (non-hydrogen) atoms. The van der Waals surface area contributed by atoms with Crippen molar-refractivity contribution in [2.75, 3.05) is 30.4 Å². The lowest BCUT2D eigenvalue weighted by Gasteiger charge is -2.31. The second-order valence-corrected chi connectivity index (χ2v) is 7.37. The van der Waals surface area contributed by atoms with Crippen LogP contribution in [-0.2, 0) is 4.79 Å². The first kappa shape index (κ1) is 17.5. The third-order valence-electron chi connectivity index (χ3n) is 4.66. The van der Waals surface area contributed by atoms with E-state index in [9.17, 15) is 4.79 Å². The minimum atomic E-state index is -0.0948. The predicted molar refractivity (Wildman–Crippen MR) is 106 cm³/mol. The van der Waals surface area contributed by atoms with Crippen molar-refractivity contribution in [3.05, 3.63) is 48.8 Å². The van der Waals surface area contributed by atoms with E-state index in [4.69, 9.17) is 4.74 Å². The summed E-state index contributed by atoms with van der Waals surface area (Å²) in [5.74, 6) is 0.584. The van der Waals surface area contributed by atoms with Crippen molar-refractivity contribution in [3.63, 3.8) is 0 Å². The Bertz CT molecular complexity index is 908. The van der Waals surface area contributed by atoms with E-state index in [0.29, 0.717) is 18.0 Å². The topological polar surface area (TPSA) is 72.3 Å². The largest absolute Gasteiger partial charge is 0.495 e. The molecular weight excluding hydrogens is 362 g/mol. The first-order valence-corrected chi connectivity index (χ1v) is 9.72. The van der Waals surface area contributed by atoms with Crippen molar-refractivity contribution in [2.45, 2.75) is 12.8 Å². The summed E-state index contributed by atoms with van der Waals surface area (Å²) in [7, 11) is 1.60. The third kappa shape index (κ3) is 3.80. The van der Waals surface area contributed by atoms with Crippen molar-refractivity contribution >= 4 is 28.1 Å². The zero-order valence-corrected chi connectivity index (χ0v) is 15.9. The molecule has 4 rings (SSSR count). The molecule has 0 radical (unpaired) electrons. The maximum atomic E-state index is 12.8. The molecule has 1 amide bonds. The molecule has 0 aliphatic carbocycles. The SMILES string of the molecule is COc1ccccc1NC(=O)[C@H]1CCCN(c2nnc(-n3cccc3)s2)C1. The number of hydrogen-bond donors (Lipinski definition) is 1. The number of aromatic nitrogens is 3. The van der Waals surface area contributed by atoms with Crippen LogP contribution in [0.1, 0.15) is 12.8 Å². The zero-order chi connectivity index (χ0) is 18.6. The van der Waals surface area contributed by atoms with Crippen molar-refractivity contribution in [1.29, 1.82) is 0 Å². The number of amides is 1. The van der Waals surface area contributed by atoms with Crippen LogP contribution in [0, 0.1) is 5.92 Å². The average Bonchev–Trinajstić information content (AvgIpc) is 3.40. The number of benzene rings is 1. The van der Waals surface area contributed by atoms with Gasteiger partial charge in [-0.05, 0) is 37.1 Å². The molecule has 1 saturated heterocycles. The lowest BCUT2D eigenvalue weighted by Crippen LogP contribution is -2.40. The van der Waals surface area contributed by atoms with Gasteiger partial charge < -0.3 is 15.0 Å². The maximum absolute atomic E-state index is 12.8. The van der Waals surface area contributed by atoms with Gasteiger partial charge in [-0.25, -0.2) is 0 Å². The summed E-state index contributed by atoms with van der Waals surface area (Å²) in [5, 5.41) is 13.3. The molecule has 1 atom stereocenters. The number of rotatable bonds is 5. The van der Waals surface area contributed by atoms with E-state index in [0.717, 1.165) is 29.6 Å². The molecule has 140 valence electrons.